The predicted molar refractivity (Wildman–Crippen MR) is 45.6 cm³/mol. The highest BCUT2D eigenvalue weighted by Gasteiger charge is 2.46. The second kappa shape index (κ2) is 5.71. The highest BCUT2D eigenvalue weighted by molar-refractivity contribution is 5.73. The van der Waals surface area contributed by atoms with E-state index in [1.54, 1.807) is 0 Å². The summed E-state index contributed by atoms with van der Waals surface area (Å²) in [4.78, 5) is 21.0. The highest BCUT2D eigenvalue weighted by atomic mass is 19.4. The Morgan fingerprint density at radius 3 is 2.12 bits per heavy atom. The number of carbonyl (C=O) groups is 2. The van der Waals surface area contributed by atoms with E-state index in [2.05, 4.69) is 4.74 Å². The summed E-state index contributed by atoms with van der Waals surface area (Å²) >= 11 is 0. The number of aliphatic carboxylic acids is 1. The molecule has 0 radical (unpaired) electrons. The van der Waals surface area contributed by atoms with E-state index in [1.165, 1.54) is 19.2 Å². The van der Waals surface area contributed by atoms with Gasteiger partial charge in [0.05, 0.1) is 12.1 Å². The molecular formula is C8H11F3NO5-. The summed E-state index contributed by atoms with van der Waals surface area (Å²) in [6.07, 6.45) is -10.2. The number of halogens is 3. The van der Waals surface area contributed by atoms with Crippen molar-refractivity contribution < 1.29 is 37.7 Å². The van der Waals surface area contributed by atoms with Crippen LogP contribution in [-0.4, -0.2) is 41.6 Å². The van der Waals surface area contributed by atoms with Crippen molar-refractivity contribution in [2.45, 2.75) is 38.3 Å². The molecule has 2 N–H and O–H groups in total. The minimum atomic E-state index is -5.14. The zero-order valence-electron chi connectivity index (χ0n) is 8.95. The maximum Gasteiger partial charge on any atom is 0.411 e. The molecule has 0 saturated heterocycles. The summed E-state index contributed by atoms with van der Waals surface area (Å²) in [7, 11) is 0. The van der Waals surface area contributed by atoms with Crippen LogP contribution in [0.15, 0.2) is 0 Å². The van der Waals surface area contributed by atoms with E-state index in [1.807, 2.05) is 0 Å². The average molecular weight is 258 g/mol. The summed E-state index contributed by atoms with van der Waals surface area (Å²) in [5, 5.41) is 20.1. The number of rotatable bonds is 4. The topological polar surface area (TPSA) is 98.7 Å². The lowest BCUT2D eigenvalue weighted by Crippen LogP contribution is -2.58. The summed E-state index contributed by atoms with van der Waals surface area (Å²) in [6, 6.07) is -2.99. The zero-order valence-corrected chi connectivity index (χ0v) is 8.95. The number of carboxylic acid groups (broad SMARTS) is 1. The minimum absolute atomic E-state index is 0.691. The summed E-state index contributed by atoms with van der Waals surface area (Å²) < 4.78 is 41.3. The van der Waals surface area contributed by atoms with Crippen LogP contribution in [0.25, 0.3) is 0 Å². The molecule has 0 aromatic heterocycles. The molecule has 0 rings (SSSR count). The molecule has 0 aliphatic rings. The number of aliphatic hydroxyl groups is 1. The SMILES string of the molecule is CC(C)OC(=O)N[C@@H]([C@@H](O)C(=O)[O-])C(F)(F)F. The molecule has 0 bridgehead atoms. The molecule has 0 aliphatic carbocycles. The first-order chi connectivity index (χ1) is 7.55. The van der Waals surface area contributed by atoms with Crippen molar-refractivity contribution in [1.82, 2.24) is 5.32 Å². The first-order valence-electron chi connectivity index (χ1n) is 4.48. The van der Waals surface area contributed by atoms with E-state index in [4.69, 9.17) is 5.11 Å². The van der Waals surface area contributed by atoms with Crippen molar-refractivity contribution in [3.8, 4) is 0 Å². The first-order valence-corrected chi connectivity index (χ1v) is 4.48. The molecule has 0 fully saturated rings. The van der Waals surface area contributed by atoms with Gasteiger partial charge in [-0.05, 0) is 13.8 Å². The molecule has 0 heterocycles. The molecule has 0 aromatic carbocycles. The van der Waals surface area contributed by atoms with Gasteiger partial charge in [0.15, 0.2) is 6.04 Å². The predicted octanol–water partition coefficient (Wildman–Crippen LogP) is -0.837. The van der Waals surface area contributed by atoms with Crippen LogP contribution >= 0.6 is 0 Å². The second-order valence-electron chi connectivity index (χ2n) is 3.38. The molecular weight excluding hydrogens is 247 g/mol. The van der Waals surface area contributed by atoms with Gasteiger partial charge in [-0.1, -0.05) is 0 Å². The number of carbonyl (C=O) groups excluding carboxylic acids is 2. The lowest BCUT2D eigenvalue weighted by molar-refractivity contribution is -0.320. The summed E-state index contributed by atoms with van der Waals surface area (Å²) in [5.74, 6) is -2.35. The Morgan fingerprint density at radius 2 is 1.82 bits per heavy atom. The smallest absolute Gasteiger partial charge is 0.411 e. The van der Waals surface area contributed by atoms with Crippen molar-refractivity contribution in [3.05, 3.63) is 0 Å². The van der Waals surface area contributed by atoms with Crippen LogP contribution in [0.5, 0.6) is 0 Å². The van der Waals surface area contributed by atoms with E-state index in [0.29, 0.717) is 0 Å². The summed E-state index contributed by atoms with van der Waals surface area (Å²) in [5.41, 5.74) is 0. The Hall–Kier alpha value is -1.51. The minimum Gasteiger partial charge on any atom is -0.547 e. The zero-order chi connectivity index (χ0) is 13.8. The van der Waals surface area contributed by atoms with Crippen molar-refractivity contribution in [2.75, 3.05) is 0 Å². The summed E-state index contributed by atoms with van der Waals surface area (Å²) in [6.45, 7) is 2.77. The van der Waals surface area contributed by atoms with Gasteiger partial charge in [0.2, 0.25) is 0 Å². The standard InChI is InChI=1S/C8H12F3NO5/c1-3(2)17-7(16)12-5(8(9,10)11)4(13)6(14)15/h3-5,13H,1-2H3,(H,12,16)(H,14,15)/p-1/t4-,5+/m1/s1. The van der Waals surface area contributed by atoms with E-state index in [9.17, 15) is 27.9 Å². The first kappa shape index (κ1) is 15.5. The van der Waals surface area contributed by atoms with E-state index < -0.39 is 36.5 Å². The van der Waals surface area contributed by atoms with Gasteiger partial charge in [0.1, 0.15) is 6.10 Å². The van der Waals surface area contributed by atoms with Gasteiger partial charge in [-0.25, -0.2) is 4.79 Å². The van der Waals surface area contributed by atoms with Gasteiger partial charge in [-0.3, -0.25) is 0 Å². The second-order valence-corrected chi connectivity index (χ2v) is 3.38. The fraction of sp³-hybridized carbons (Fsp3) is 0.750. The molecule has 0 unspecified atom stereocenters. The van der Waals surface area contributed by atoms with E-state index in [0.717, 1.165) is 0 Å². The van der Waals surface area contributed by atoms with Crippen LogP contribution in [0, 0.1) is 0 Å². The maximum absolute atomic E-state index is 12.3. The Labute approximate surface area is 94.4 Å². The molecule has 0 aliphatic heterocycles. The van der Waals surface area contributed by atoms with Crippen molar-refractivity contribution >= 4 is 12.1 Å². The quantitative estimate of drug-likeness (QED) is 0.685. The van der Waals surface area contributed by atoms with Crippen molar-refractivity contribution in [3.63, 3.8) is 0 Å². The monoisotopic (exact) mass is 258 g/mol. The highest BCUT2D eigenvalue weighted by Crippen LogP contribution is 2.22. The normalized spacial score (nSPS) is 15.2. The maximum atomic E-state index is 12.3. The Bertz CT molecular complexity index is 291. The van der Waals surface area contributed by atoms with Crippen LogP contribution < -0.4 is 10.4 Å². The molecule has 2 atom stereocenters. The average Bonchev–Trinajstić information content (AvgIpc) is 2.09. The third-order valence-corrected chi connectivity index (χ3v) is 1.53. The molecule has 1 amide bonds. The Morgan fingerprint density at radius 1 is 1.35 bits per heavy atom. The van der Waals surface area contributed by atoms with Gasteiger partial charge < -0.3 is 25.1 Å². The Balaban J connectivity index is 4.73. The molecule has 0 saturated carbocycles. The number of hydrogen-bond acceptors (Lipinski definition) is 5. The van der Waals surface area contributed by atoms with Crippen molar-refractivity contribution in [2.24, 2.45) is 0 Å². The van der Waals surface area contributed by atoms with Crippen LogP contribution in [0.3, 0.4) is 0 Å². The number of alkyl halides is 3. The van der Waals surface area contributed by atoms with Gasteiger partial charge in [0.25, 0.3) is 0 Å². The molecule has 6 nitrogen and oxygen atoms in total. The largest absolute Gasteiger partial charge is 0.547 e. The number of ether oxygens (including phenoxy) is 1. The number of amides is 1. The lowest BCUT2D eigenvalue weighted by Gasteiger charge is -2.26. The number of alkyl carbamates (subject to hydrolysis) is 1. The van der Waals surface area contributed by atoms with Crippen LogP contribution in [-0.2, 0) is 9.53 Å². The molecule has 17 heavy (non-hydrogen) atoms. The molecule has 100 valence electrons. The van der Waals surface area contributed by atoms with Gasteiger partial charge in [0, 0.05) is 0 Å². The number of nitrogens with one attached hydrogen (secondary N) is 1. The van der Waals surface area contributed by atoms with Crippen molar-refractivity contribution in [1.29, 1.82) is 0 Å². The van der Waals surface area contributed by atoms with Crippen LogP contribution in [0.4, 0.5) is 18.0 Å². The van der Waals surface area contributed by atoms with Gasteiger partial charge in [-0.15, -0.1) is 0 Å². The fourth-order valence-corrected chi connectivity index (χ4v) is 0.851. The van der Waals surface area contributed by atoms with E-state index in [-0.39, 0.29) is 0 Å². The Kier molecular flexibility index (Phi) is 5.20. The van der Waals surface area contributed by atoms with Gasteiger partial charge in [-0.2, -0.15) is 13.2 Å². The molecule has 0 aromatic rings. The van der Waals surface area contributed by atoms with Crippen LogP contribution in [0.1, 0.15) is 13.8 Å². The number of hydrogen-bond donors (Lipinski definition) is 2. The molecule has 9 heteroatoms. The molecule has 0 spiro atoms. The third-order valence-electron chi connectivity index (χ3n) is 1.53. The lowest BCUT2D eigenvalue weighted by atomic mass is 10.1. The number of carboxylic acids is 1. The van der Waals surface area contributed by atoms with E-state index >= 15 is 0 Å². The van der Waals surface area contributed by atoms with Gasteiger partial charge >= 0.3 is 12.3 Å². The van der Waals surface area contributed by atoms with Crippen LogP contribution in [0.2, 0.25) is 0 Å². The third kappa shape index (κ3) is 5.38. The fourth-order valence-electron chi connectivity index (χ4n) is 0.851. The number of aliphatic hydroxyl groups excluding tert-OH is 1.